The fourth-order valence-corrected chi connectivity index (χ4v) is 3.91. The highest BCUT2D eigenvalue weighted by Crippen LogP contribution is 2.27. The van der Waals surface area contributed by atoms with Gasteiger partial charge in [0.1, 0.15) is 5.69 Å². The third-order valence-corrected chi connectivity index (χ3v) is 5.60. The second kappa shape index (κ2) is 10.2. The van der Waals surface area contributed by atoms with E-state index in [0.717, 1.165) is 12.0 Å². The number of hydrogen-bond donors (Lipinski definition) is 1. The minimum absolute atomic E-state index is 0.244. The molecule has 0 fully saturated rings. The number of methoxy groups -OCH3 is 2. The summed E-state index contributed by atoms with van der Waals surface area (Å²) < 4.78 is 13.9. The molecule has 2 aromatic carbocycles. The predicted octanol–water partition coefficient (Wildman–Crippen LogP) is 3.54. The molecule has 2 heterocycles. The molecule has 0 unspecified atom stereocenters. The third-order valence-electron chi connectivity index (χ3n) is 5.60. The highest BCUT2D eigenvalue weighted by atomic mass is 16.5. The number of carbonyl (C=O) groups is 1. The number of fused-ring (bicyclic) bond motifs is 1. The summed E-state index contributed by atoms with van der Waals surface area (Å²) in [4.78, 5) is 26.3. The zero-order valence-electron chi connectivity index (χ0n) is 19.6. The molecule has 0 atom stereocenters. The maximum absolute atomic E-state index is 13.2. The Hall–Kier alpha value is -4.07. The molecule has 2 aliphatic heterocycles. The molecule has 176 valence electrons. The van der Waals surface area contributed by atoms with E-state index < -0.39 is 0 Å². The van der Waals surface area contributed by atoms with Crippen molar-refractivity contribution in [3.8, 4) is 28.4 Å². The zero-order chi connectivity index (χ0) is 24.1. The molecule has 0 spiro atoms. The number of rotatable bonds is 9. The lowest BCUT2D eigenvalue weighted by Crippen LogP contribution is -2.27. The summed E-state index contributed by atoms with van der Waals surface area (Å²) >= 11 is 0. The van der Waals surface area contributed by atoms with Gasteiger partial charge in [-0.1, -0.05) is 31.2 Å². The molecular formula is C26H28N4O4. The average Bonchev–Trinajstić information content (AvgIpc) is 3.20. The lowest BCUT2D eigenvalue weighted by atomic mass is 10.1. The summed E-state index contributed by atoms with van der Waals surface area (Å²) in [5, 5.41) is 7.48. The van der Waals surface area contributed by atoms with Crippen molar-refractivity contribution in [1.82, 2.24) is 19.7 Å². The molecule has 0 aromatic heterocycles. The lowest BCUT2D eigenvalue weighted by molar-refractivity contribution is 0.0953. The molecule has 8 nitrogen and oxygen atoms in total. The number of pyridine rings is 1. The third kappa shape index (κ3) is 4.66. The fraction of sp³-hybridized carbons (Fsp3) is 0.269. The van der Waals surface area contributed by atoms with Crippen molar-refractivity contribution in [3.63, 3.8) is 0 Å². The lowest BCUT2D eigenvalue weighted by Gasteiger charge is -2.13. The van der Waals surface area contributed by atoms with Crippen LogP contribution < -0.4 is 20.3 Å². The highest BCUT2D eigenvalue weighted by Gasteiger charge is 2.24. The zero-order valence-corrected chi connectivity index (χ0v) is 19.6. The topological polar surface area (TPSA) is 87.4 Å². The van der Waals surface area contributed by atoms with E-state index in [1.807, 2.05) is 60.0 Å². The molecule has 8 heteroatoms. The van der Waals surface area contributed by atoms with Gasteiger partial charge in [-0.25, -0.2) is 0 Å². The summed E-state index contributed by atoms with van der Waals surface area (Å²) in [5.74, 6) is 1.03. The second-order valence-electron chi connectivity index (χ2n) is 7.92. The molecule has 0 bridgehead atoms. The predicted molar refractivity (Wildman–Crippen MR) is 130 cm³/mol. The number of nitrogens with zero attached hydrogens (tertiary/aromatic N) is 3. The Labute approximate surface area is 198 Å². The average molecular weight is 461 g/mol. The number of aromatic nitrogens is 3. The van der Waals surface area contributed by atoms with Gasteiger partial charge in [0.25, 0.3) is 11.5 Å². The Kier molecular flexibility index (Phi) is 6.96. The standard InChI is InChI=1S/C26H28N4O4/c1-4-14-29-16-20(24-21(17-29)26(32)30(28-24)19-8-6-5-7-9-19)25(31)27-13-12-18-10-11-22(33-2)23(15-18)34-3/h5-11,15-17H,4,12-14H2,1-3H3,(H,27,31). The first-order chi connectivity index (χ1) is 16.5. The van der Waals surface area contributed by atoms with Crippen LogP contribution in [0.4, 0.5) is 0 Å². The van der Waals surface area contributed by atoms with E-state index in [1.165, 1.54) is 4.68 Å². The van der Waals surface area contributed by atoms with Gasteiger partial charge in [-0.3, -0.25) is 9.59 Å². The molecule has 1 N–H and O–H groups in total. The molecule has 1 amide bonds. The van der Waals surface area contributed by atoms with Crippen LogP contribution >= 0.6 is 0 Å². The highest BCUT2D eigenvalue weighted by molar-refractivity contribution is 5.99. The van der Waals surface area contributed by atoms with Crippen molar-refractivity contribution < 1.29 is 14.3 Å². The normalized spacial score (nSPS) is 10.9. The van der Waals surface area contributed by atoms with Crippen molar-refractivity contribution >= 4 is 5.91 Å². The van der Waals surface area contributed by atoms with E-state index in [2.05, 4.69) is 10.4 Å². The number of carbonyl (C=O) groups excluding carboxylic acids is 1. The largest absolute Gasteiger partial charge is 0.493 e. The molecular weight excluding hydrogens is 432 g/mol. The molecule has 0 aliphatic carbocycles. The Bertz CT molecular complexity index is 1310. The Morgan fingerprint density at radius 1 is 1.03 bits per heavy atom. The van der Waals surface area contributed by atoms with Gasteiger partial charge in [-0.05, 0) is 42.7 Å². The Balaban J connectivity index is 1.59. The van der Waals surface area contributed by atoms with Crippen LogP contribution in [0, 0.1) is 0 Å². The number of benzene rings is 2. The van der Waals surface area contributed by atoms with Gasteiger partial charge < -0.3 is 19.4 Å². The monoisotopic (exact) mass is 460 g/mol. The molecule has 2 aliphatic rings. The summed E-state index contributed by atoms with van der Waals surface area (Å²) in [6, 6.07) is 14.9. The quantitative estimate of drug-likeness (QED) is 0.413. The van der Waals surface area contributed by atoms with Gasteiger partial charge in [-0.2, -0.15) is 9.78 Å². The number of ether oxygens (including phenoxy) is 2. The van der Waals surface area contributed by atoms with Gasteiger partial charge in [0.05, 0.1) is 31.0 Å². The maximum Gasteiger partial charge on any atom is 0.282 e. The smallest absolute Gasteiger partial charge is 0.282 e. The van der Waals surface area contributed by atoms with Gasteiger partial charge in [0.2, 0.25) is 0 Å². The van der Waals surface area contributed by atoms with Crippen LogP contribution in [-0.2, 0) is 13.0 Å². The van der Waals surface area contributed by atoms with E-state index in [1.54, 1.807) is 26.6 Å². The number of para-hydroxylation sites is 1. The molecule has 0 saturated heterocycles. The van der Waals surface area contributed by atoms with E-state index in [-0.39, 0.29) is 11.5 Å². The number of amides is 1. The summed E-state index contributed by atoms with van der Waals surface area (Å²) in [6.45, 7) is 3.16. The maximum atomic E-state index is 13.2. The van der Waals surface area contributed by atoms with E-state index in [4.69, 9.17) is 9.47 Å². The van der Waals surface area contributed by atoms with Crippen molar-refractivity contribution in [2.24, 2.45) is 0 Å². The van der Waals surface area contributed by atoms with Crippen molar-refractivity contribution in [2.75, 3.05) is 20.8 Å². The first-order valence-electron chi connectivity index (χ1n) is 11.2. The first kappa shape index (κ1) is 23.1. The molecule has 34 heavy (non-hydrogen) atoms. The van der Waals surface area contributed by atoms with Crippen molar-refractivity contribution in [2.45, 2.75) is 26.3 Å². The van der Waals surface area contributed by atoms with Crippen molar-refractivity contribution in [1.29, 1.82) is 0 Å². The van der Waals surface area contributed by atoms with Gasteiger partial charge in [-0.15, -0.1) is 0 Å². The minimum Gasteiger partial charge on any atom is -0.493 e. The first-order valence-corrected chi connectivity index (χ1v) is 11.2. The van der Waals surface area contributed by atoms with E-state index in [9.17, 15) is 9.59 Å². The fourth-order valence-electron chi connectivity index (χ4n) is 3.91. The van der Waals surface area contributed by atoms with Crippen LogP contribution in [0.25, 0.3) is 16.9 Å². The minimum atomic E-state index is -0.270. The Morgan fingerprint density at radius 3 is 2.50 bits per heavy atom. The van der Waals surface area contributed by atoms with Crippen LogP contribution in [0.3, 0.4) is 0 Å². The summed E-state index contributed by atoms with van der Waals surface area (Å²) in [7, 11) is 3.18. The van der Waals surface area contributed by atoms with Gasteiger partial charge >= 0.3 is 0 Å². The summed E-state index contributed by atoms with van der Waals surface area (Å²) in [5.41, 5.74) is 2.61. The SMILES string of the molecule is CCCn1cc(C(=O)NCCc2ccc(OC)c(OC)c2)c2nn(-c3ccccc3)c(=O)c-2c1. The number of aryl methyl sites for hydroxylation is 1. The van der Waals surface area contributed by atoms with Gasteiger partial charge in [0, 0.05) is 25.5 Å². The van der Waals surface area contributed by atoms with Crippen LogP contribution in [0.1, 0.15) is 29.3 Å². The molecule has 0 saturated carbocycles. The van der Waals surface area contributed by atoms with Crippen LogP contribution in [0.5, 0.6) is 11.5 Å². The molecule has 4 rings (SSSR count). The van der Waals surface area contributed by atoms with Gasteiger partial charge in [0.15, 0.2) is 11.5 Å². The van der Waals surface area contributed by atoms with Crippen LogP contribution in [0.2, 0.25) is 0 Å². The molecule has 0 radical (unpaired) electrons. The Morgan fingerprint density at radius 2 is 1.79 bits per heavy atom. The van der Waals surface area contributed by atoms with E-state index >= 15 is 0 Å². The molecule has 2 aromatic rings. The second-order valence-corrected chi connectivity index (χ2v) is 7.92. The van der Waals surface area contributed by atoms with Crippen LogP contribution in [0.15, 0.2) is 65.7 Å². The summed E-state index contributed by atoms with van der Waals surface area (Å²) in [6.07, 6.45) is 5.02. The van der Waals surface area contributed by atoms with Crippen LogP contribution in [-0.4, -0.2) is 41.0 Å². The number of hydrogen-bond acceptors (Lipinski definition) is 5. The van der Waals surface area contributed by atoms with Crippen molar-refractivity contribution in [3.05, 3.63) is 82.4 Å². The van der Waals surface area contributed by atoms with E-state index in [0.29, 0.717) is 53.5 Å². The number of nitrogens with one attached hydrogen (secondary N) is 1.